The summed E-state index contributed by atoms with van der Waals surface area (Å²) < 4.78 is 10.6. The van der Waals surface area contributed by atoms with Crippen molar-refractivity contribution in [2.75, 3.05) is 13.8 Å². The monoisotopic (exact) mass is 412 g/mol. The summed E-state index contributed by atoms with van der Waals surface area (Å²) in [6.45, 7) is 6.71. The number of H-pyrrole nitrogens is 1. The third-order valence-corrected chi connectivity index (χ3v) is 4.76. The second-order valence-corrected chi connectivity index (χ2v) is 7.07. The van der Waals surface area contributed by atoms with Crippen molar-refractivity contribution in [3.63, 3.8) is 0 Å². The lowest BCUT2D eigenvalue weighted by Gasteiger charge is -2.08. The molecule has 0 saturated carbocycles. The van der Waals surface area contributed by atoms with Crippen LogP contribution in [0, 0.1) is 0 Å². The number of aromatic nitrogens is 3. The third-order valence-electron chi connectivity index (χ3n) is 4.53. The maximum absolute atomic E-state index is 5.85. The molecule has 1 aliphatic rings. The van der Waals surface area contributed by atoms with Gasteiger partial charge in [0.1, 0.15) is 17.2 Å². The quantitative estimate of drug-likeness (QED) is 0.454. The van der Waals surface area contributed by atoms with E-state index in [1.54, 1.807) is 31.8 Å². The lowest BCUT2D eigenvalue weighted by Crippen LogP contribution is -2.08. The summed E-state index contributed by atoms with van der Waals surface area (Å²) in [4.78, 5) is 11.8. The summed E-state index contributed by atoms with van der Waals surface area (Å²) in [6.07, 6.45) is 13.2. The molecule has 0 amide bonds. The van der Waals surface area contributed by atoms with E-state index in [1.165, 1.54) is 0 Å². The summed E-state index contributed by atoms with van der Waals surface area (Å²) in [5.74, 6) is 0.724. The largest absolute Gasteiger partial charge is 0.479 e. The standard InChI is InChI=1S/C22H25ClN4O2/c1-15(20-12-25-22(27-20)18-7-9-21(23)24-11-18)4-5-17(10-16(2)28-3)6-8-19-13-29-14-26-19/h4-5,7,9-13,16,26H,1,6,8,14H2,2-3H3,(H,25,27)/b5-4-,17-10+. The average molecular weight is 413 g/mol. The Kier molecular flexibility index (Phi) is 7.27. The molecule has 0 spiro atoms. The zero-order chi connectivity index (χ0) is 20.6. The van der Waals surface area contributed by atoms with Crippen molar-refractivity contribution < 1.29 is 9.47 Å². The topological polar surface area (TPSA) is 72.1 Å². The first-order valence-electron chi connectivity index (χ1n) is 9.37. The van der Waals surface area contributed by atoms with Crippen LogP contribution >= 0.6 is 11.6 Å². The van der Waals surface area contributed by atoms with Gasteiger partial charge in [0.05, 0.1) is 18.0 Å². The van der Waals surface area contributed by atoms with Crippen LogP contribution in [0.2, 0.25) is 5.15 Å². The van der Waals surface area contributed by atoms with Gasteiger partial charge in [-0.2, -0.15) is 0 Å². The second kappa shape index (κ2) is 10.1. The molecule has 0 bridgehead atoms. The summed E-state index contributed by atoms with van der Waals surface area (Å²) in [5, 5.41) is 3.66. The van der Waals surface area contributed by atoms with E-state index in [-0.39, 0.29) is 6.10 Å². The van der Waals surface area contributed by atoms with Crippen molar-refractivity contribution in [3.8, 4) is 11.4 Å². The highest BCUT2D eigenvalue weighted by Gasteiger charge is 2.08. The average Bonchev–Trinajstić information content (AvgIpc) is 3.42. The van der Waals surface area contributed by atoms with Gasteiger partial charge in [-0.15, -0.1) is 0 Å². The van der Waals surface area contributed by atoms with Gasteiger partial charge in [-0.3, -0.25) is 0 Å². The first-order chi connectivity index (χ1) is 14.0. The summed E-state index contributed by atoms with van der Waals surface area (Å²) >= 11 is 5.85. The molecule has 1 unspecified atom stereocenters. The van der Waals surface area contributed by atoms with Crippen LogP contribution in [0.5, 0.6) is 0 Å². The number of methoxy groups -OCH3 is 1. The molecule has 3 rings (SSSR count). The molecule has 0 radical (unpaired) electrons. The van der Waals surface area contributed by atoms with Gasteiger partial charge in [0.2, 0.25) is 0 Å². The van der Waals surface area contributed by atoms with E-state index in [4.69, 9.17) is 21.1 Å². The predicted octanol–water partition coefficient (Wildman–Crippen LogP) is 4.85. The molecule has 29 heavy (non-hydrogen) atoms. The van der Waals surface area contributed by atoms with Gasteiger partial charge in [-0.25, -0.2) is 9.97 Å². The molecule has 7 heteroatoms. The molecular weight excluding hydrogens is 388 g/mol. The number of aromatic amines is 1. The minimum Gasteiger partial charge on any atom is -0.479 e. The number of hydrogen-bond acceptors (Lipinski definition) is 5. The number of nitrogens with zero attached hydrogens (tertiary/aromatic N) is 2. The first kappa shape index (κ1) is 20.9. The van der Waals surface area contributed by atoms with E-state index in [9.17, 15) is 0 Å². The molecule has 0 aliphatic carbocycles. The first-order valence-corrected chi connectivity index (χ1v) is 9.75. The maximum atomic E-state index is 5.85. The van der Waals surface area contributed by atoms with Crippen molar-refractivity contribution >= 4 is 17.2 Å². The zero-order valence-corrected chi connectivity index (χ0v) is 17.4. The number of pyridine rings is 1. The van der Waals surface area contributed by atoms with Crippen LogP contribution < -0.4 is 5.32 Å². The van der Waals surface area contributed by atoms with Crippen molar-refractivity contribution in [2.24, 2.45) is 0 Å². The number of ether oxygens (including phenoxy) is 2. The Bertz CT molecular complexity index is 929. The smallest absolute Gasteiger partial charge is 0.158 e. The number of halogens is 1. The van der Waals surface area contributed by atoms with Crippen molar-refractivity contribution in [1.82, 2.24) is 20.3 Å². The van der Waals surface area contributed by atoms with E-state index in [0.717, 1.165) is 46.8 Å². The molecule has 0 aromatic carbocycles. The van der Waals surface area contributed by atoms with Crippen LogP contribution in [0.15, 0.2) is 66.9 Å². The molecule has 0 fully saturated rings. The predicted molar refractivity (Wildman–Crippen MR) is 116 cm³/mol. The van der Waals surface area contributed by atoms with Gasteiger partial charge in [-0.05, 0) is 43.0 Å². The van der Waals surface area contributed by atoms with Gasteiger partial charge in [-0.1, -0.05) is 36.4 Å². The van der Waals surface area contributed by atoms with Crippen LogP contribution in [-0.4, -0.2) is 34.9 Å². The van der Waals surface area contributed by atoms with E-state index in [1.807, 2.05) is 19.1 Å². The molecule has 3 heterocycles. The fourth-order valence-electron chi connectivity index (χ4n) is 2.78. The van der Waals surface area contributed by atoms with Gasteiger partial charge >= 0.3 is 0 Å². The number of hydrogen-bond donors (Lipinski definition) is 2. The number of nitrogens with one attached hydrogen (secondary N) is 2. The van der Waals surface area contributed by atoms with Crippen molar-refractivity contribution in [1.29, 1.82) is 0 Å². The Morgan fingerprint density at radius 3 is 2.90 bits per heavy atom. The van der Waals surface area contributed by atoms with E-state index in [0.29, 0.717) is 11.9 Å². The minimum absolute atomic E-state index is 0.0286. The van der Waals surface area contributed by atoms with E-state index >= 15 is 0 Å². The van der Waals surface area contributed by atoms with Crippen molar-refractivity contribution in [2.45, 2.75) is 25.9 Å². The zero-order valence-electron chi connectivity index (χ0n) is 16.6. The summed E-state index contributed by atoms with van der Waals surface area (Å²) in [6, 6.07) is 3.61. The van der Waals surface area contributed by atoms with Crippen LogP contribution in [0.4, 0.5) is 0 Å². The molecule has 152 valence electrons. The minimum atomic E-state index is 0.0286. The summed E-state index contributed by atoms with van der Waals surface area (Å²) in [5.41, 5.74) is 4.81. The Morgan fingerprint density at radius 1 is 1.34 bits per heavy atom. The van der Waals surface area contributed by atoms with Crippen molar-refractivity contribution in [3.05, 3.63) is 77.7 Å². The number of allylic oxidation sites excluding steroid dienone is 5. The summed E-state index contributed by atoms with van der Waals surface area (Å²) in [7, 11) is 1.70. The lowest BCUT2D eigenvalue weighted by molar-refractivity contribution is 0.155. The highest BCUT2D eigenvalue weighted by molar-refractivity contribution is 6.29. The normalized spacial score (nSPS) is 15.1. The van der Waals surface area contributed by atoms with Crippen LogP contribution in [-0.2, 0) is 9.47 Å². The Hall–Kier alpha value is -2.83. The Balaban J connectivity index is 1.68. The van der Waals surface area contributed by atoms with Gasteiger partial charge in [0.25, 0.3) is 0 Å². The fraction of sp³-hybridized carbons (Fsp3) is 0.273. The molecule has 2 N–H and O–H groups in total. The fourth-order valence-corrected chi connectivity index (χ4v) is 2.89. The van der Waals surface area contributed by atoms with E-state index < -0.39 is 0 Å². The molecular formula is C22H25ClN4O2. The van der Waals surface area contributed by atoms with Gasteiger partial charge in [0, 0.05) is 24.6 Å². The SMILES string of the molecule is C=C(/C=C\C(=C/C(C)OC)CCC1=COCN1)c1cnc(-c2ccc(Cl)nc2)[nH]1. The molecule has 1 aliphatic heterocycles. The maximum Gasteiger partial charge on any atom is 0.158 e. The van der Waals surface area contributed by atoms with Gasteiger partial charge in [0.15, 0.2) is 6.73 Å². The molecule has 2 aromatic rings. The van der Waals surface area contributed by atoms with Crippen LogP contribution in [0.25, 0.3) is 17.0 Å². The Labute approximate surface area is 176 Å². The number of imidazole rings is 1. The highest BCUT2D eigenvalue weighted by atomic mass is 35.5. The van der Waals surface area contributed by atoms with Crippen LogP contribution in [0.1, 0.15) is 25.5 Å². The molecule has 6 nitrogen and oxygen atoms in total. The van der Waals surface area contributed by atoms with Gasteiger partial charge < -0.3 is 19.8 Å². The molecule has 1 atom stereocenters. The molecule has 2 aromatic heterocycles. The van der Waals surface area contributed by atoms with E-state index in [2.05, 4.69) is 39.0 Å². The lowest BCUT2D eigenvalue weighted by atomic mass is 10.0. The molecule has 0 saturated heterocycles. The number of rotatable bonds is 9. The third kappa shape index (κ3) is 6.07. The van der Waals surface area contributed by atoms with Crippen LogP contribution in [0.3, 0.4) is 0 Å². The Morgan fingerprint density at radius 2 is 2.21 bits per heavy atom. The highest BCUT2D eigenvalue weighted by Crippen LogP contribution is 2.21. The second-order valence-electron chi connectivity index (χ2n) is 6.69.